The molecular formula is C8H7BrCl2N2O. The second-order valence-electron chi connectivity index (χ2n) is 2.60. The van der Waals surface area contributed by atoms with Crippen LogP contribution in [0.4, 0.5) is 0 Å². The van der Waals surface area contributed by atoms with Crippen LogP contribution in [-0.2, 0) is 11.3 Å². The molecule has 1 heterocycles. The zero-order valence-corrected chi connectivity index (χ0v) is 10.1. The summed E-state index contributed by atoms with van der Waals surface area (Å²) in [6.45, 7) is 0.00986. The van der Waals surface area contributed by atoms with Crippen molar-refractivity contribution in [1.29, 1.82) is 5.41 Å². The number of pyridine rings is 1. The average Bonchev–Trinajstić information content (AvgIpc) is 2.12. The third-order valence-electron chi connectivity index (χ3n) is 1.59. The monoisotopic (exact) mass is 296 g/mol. The third-order valence-corrected chi connectivity index (χ3v) is 2.72. The molecule has 0 amide bonds. The SMILES string of the molecule is N=c1c(Br)cccn1CC(=O)C(Cl)Cl. The summed E-state index contributed by atoms with van der Waals surface area (Å²) in [5.74, 6) is -0.329. The Morgan fingerprint density at radius 1 is 1.64 bits per heavy atom. The Morgan fingerprint density at radius 3 is 2.86 bits per heavy atom. The molecule has 1 rings (SSSR count). The summed E-state index contributed by atoms with van der Waals surface area (Å²) >= 11 is 14.0. The van der Waals surface area contributed by atoms with Crippen LogP contribution in [0.2, 0.25) is 0 Å². The Labute approximate surface area is 99.3 Å². The molecule has 0 radical (unpaired) electrons. The third kappa shape index (κ3) is 2.83. The highest BCUT2D eigenvalue weighted by Crippen LogP contribution is 2.05. The lowest BCUT2D eigenvalue weighted by Gasteiger charge is -2.06. The molecule has 1 N–H and O–H groups in total. The number of carbonyl (C=O) groups excluding carboxylic acids is 1. The molecule has 0 aliphatic carbocycles. The highest BCUT2D eigenvalue weighted by molar-refractivity contribution is 9.10. The van der Waals surface area contributed by atoms with Gasteiger partial charge in [-0.25, -0.2) is 0 Å². The lowest BCUT2D eigenvalue weighted by Crippen LogP contribution is -2.26. The van der Waals surface area contributed by atoms with E-state index in [4.69, 9.17) is 28.6 Å². The van der Waals surface area contributed by atoms with Gasteiger partial charge < -0.3 is 4.57 Å². The van der Waals surface area contributed by atoms with Crippen LogP contribution in [0.1, 0.15) is 0 Å². The van der Waals surface area contributed by atoms with Gasteiger partial charge in [0.1, 0.15) is 5.49 Å². The van der Waals surface area contributed by atoms with E-state index in [0.29, 0.717) is 4.47 Å². The van der Waals surface area contributed by atoms with Gasteiger partial charge in [-0.3, -0.25) is 10.2 Å². The van der Waals surface area contributed by atoms with Gasteiger partial charge >= 0.3 is 0 Å². The summed E-state index contributed by atoms with van der Waals surface area (Å²) in [4.78, 5) is 10.2. The van der Waals surface area contributed by atoms with Crippen LogP contribution in [0.15, 0.2) is 22.8 Å². The van der Waals surface area contributed by atoms with Gasteiger partial charge in [0.05, 0.1) is 11.0 Å². The van der Waals surface area contributed by atoms with E-state index in [1.54, 1.807) is 18.3 Å². The maximum Gasteiger partial charge on any atom is 0.185 e. The largest absolute Gasteiger partial charge is 0.325 e. The molecule has 6 heteroatoms. The summed E-state index contributed by atoms with van der Waals surface area (Å²) in [7, 11) is 0. The van der Waals surface area contributed by atoms with Crippen LogP contribution in [0.3, 0.4) is 0 Å². The molecule has 0 saturated carbocycles. The minimum atomic E-state index is -1.04. The van der Waals surface area contributed by atoms with E-state index in [0.717, 1.165) is 0 Å². The maximum atomic E-state index is 11.2. The van der Waals surface area contributed by atoms with Gasteiger partial charge in [0.25, 0.3) is 0 Å². The lowest BCUT2D eigenvalue weighted by molar-refractivity contribution is -0.118. The molecule has 3 nitrogen and oxygen atoms in total. The van der Waals surface area contributed by atoms with E-state index >= 15 is 0 Å². The van der Waals surface area contributed by atoms with Gasteiger partial charge in [-0.2, -0.15) is 0 Å². The molecule has 0 atom stereocenters. The van der Waals surface area contributed by atoms with Crippen molar-refractivity contribution in [3.63, 3.8) is 0 Å². The standard InChI is InChI=1S/C8H7BrCl2N2O/c9-5-2-1-3-13(8(5)12)4-6(14)7(10)11/h1-3,7,12H,4H2. The van der Waals surface area contributed by atoms with E-state index in [9.17, 15) is 4.79 Å². The number of hydrogen-bond donors (Lipinski definition) is 1. The summed E-state index contributed by atoms with van der Waals surface area (Å²) in [5, 5.41) is 7.61. The first-order valence-electron chi connectivity index (χ1n) is 3.73. The number of aromatic nitrogens is 1. The number of halogens is 3. The summed E-state index contributed by atoms with van der Waals surface area (Å²) in [6, 6.07) is 3.45. The molecule has 14 heavy (non-hydrogen) atoms. The molecule has 0 fully saturated rings. The number of carbonyl (C=O) groups is 1. The van der Waals surface area contributed by atoms with Gasteiger partial charge in [0, 0.05) is 6.20 Å². The van der Waals surface area contributed by atoms with Gasteiger partial charge in [0.15, 0.2) is 10.6 Å². The molecule has 0 aliphatic heterocycles. The van der Waals surface area contributed by atoms with Crippen molar-refractivity contribution in [3.8, 4) is 0 Å². The van der Waals surface area contributed by atoms with Gasteiger partial charge in [-0.1, -0.05) is 23.2 Å². The van der Waals surface area contributed by atoms with Crippen LogP contribution in [-0.4, -0.2) is 15.2 Å². The molecule has 76 valence electrons. The predicted octanol–water partition coefficient (Wildman–Crippen LogP) is 2.10. The second kappa shape index (κ2) is 4.96. The van der Waals surface area contributed by atoms with E-state index in [2.05, 4.69) is 15.9 Å². The molecule has 0 saturated heterocycles. The smallest absolute Gasteiger partial charge is 0.185 e. The van der Waals surface area contributed by atoms with E-state index in [1.165, 1.54) is 4.57 Å². The molecule has 1 aromatic rings. The van der Waals surface area contributed by atoms with Gasteiger partial charge in [-0.05, 0) is 28.1 Å². The highest BCUT2D eigenvalue weighted by atomic mass is 79.9. The zero-order chi connectivity index (χ0) is 10.7. The maximum absolute atomic E-state index is 11.2. The predicted molar refractivity (Wildman–Crippen MR) is 58.5 cm³/mol. The molecule has 0 bridgehead atoms. The van der Waals surface area contributed by atoms with Crippen molar-refractivity contribution in [3.05, 3.63) is 28.3 Å². The highest BCUT2D eigenvalue weighted by Gasteiger charge is 2.12. The molecule has 0 spiro atoms. The number of alkyl halides is 2. The number of ketones is 1. The summed E-state index contributed by atoms with van der Waals surface area (Å²) in [5.41, 5.74) is 0.217. The zero-order valence-electron chi connectivity index (χ0n) is 7.01. The molecule has 0 aromatic carbocycles. The van der Waals surface area contributed by atoms with Crippen LogP contribution < -0.4 is 5.49 Å². The second-order valence-corrected chi connectivity index (χ2v) is 4.55. The summed E-state index contributed by atoms with van der Waals surface area (Å²) < 4.78 is 2.08. The quantitative estimate of drug-likeness (QED) is 0.853. The Balaban J connectivity index is 2.93. The van der Waals surface area contributed by atoms with Crippen molar-refractivity contribution in [1.82, 2.24) is 4.57 Å². The van der Waals surface area contributed by atoms with Crippen molar-refractivity contribution >= 4 is 44.9 Å². The number of hydrogen-bond acceptors (Lipinski definition) is 2. The number of Topliss-reactive ketones (excluding diaryl/α,β-unsaturated/α-hetero) is 1. The number of nitrogens with zero attached hydrogens (tertiary/aromatic N) is 1. The first kappa shape index (κ1) is 11.8. The minimum absolute atomic E-state index is 0.00986. The lowest BCUT2D eigenvalue weighted by atomic mass is 10.4. The molecule has 0 aliphatic rings. The van der Waals surface area contributed by atoms with Gasteiger partial charge in [0.2, 0.25) is 0 Å². The van der Waals surface area contributed by atoms with Crippen molar-refractivity contribution in [2.24, 2.45) is 0 Å². The van der Waals surface area contributed by atoms with Crippen molar-refractivity contribution < 1.29 is 4.79 Å². The van der Waals surface area contributed by atoms with Crippen molar-refractivity contribution in [2.45, 2.75) is 11.4 Å². The van der Waals surface area contributed by atoms with Crippen LogP contribution in [0, 0.1) is 5.41 Å². The minimum Gasteiger partial charge on any atom is -0.325 e. The molecule has 0 unspecified atom stereocenters. The number of rotatable bonds is 3. The van der Waals surface area contributed by atoms with Crippen LogP contribution in [0.5, 0.6) is 0 Å². The van der Waals surface area contributed by atoms with Crippen LogP contribution >= 0.6 is 39.1 Å². The first-order valence-corrected chi connectivity index (χ1v) is 5.39. The first-order chi connectivity index (χ1) is 6.52. The van der Waals surface area contributed by atoms with E-state index in [1.807, 2.05) is 0 Å². The van der Waals surface area contributed by atoms with E-state index < -0.39 is 4.84 Å². The fourth-order valence-electron chi connectivity index (χ4n) is 0.891. The normalized spacial score (nSPS) is 10.6. The Hall–Kier alpha value is -0.320. The molecular weight excluding hydrogens is 291 g/mol. The van der Waals surface area contributed by atoms with Crippen molar-refractivity contribution in [2.75, 3.05) is 0 Å². The average molecular weight is 298 g/mol. The van der Waals surface area contributed by atoms with E-state index in [-0.39, 0.29) is 17.8 Å². The Kier molecular flexibility index (Phi) is 4.16. The Morgan fingerprint density at radius 2 is 2.29 bits per heavy atom. The van der Waals surface area contributed by atoms with Gasteiger partial charge in [-0.15, -0.1) is 0 Å². The fourth-order valence-corrected chi connectivity index (χ4v) is 1.41. The topological polar surface area (TPSA) is 45.9 Å². The molecule has 1 aromatic heterocycles. The Bertz CT molecular complexity index is 403. The number of nitrogens with one attached hydrogen (secondary N) is 1. The summed E-state index contributed by atoms with van der Waals surface area (Å²) in [6.07, 6.45) is 1.63. The van der Waals surface area contributed by atoms with Crippen LogP contribution in [0.25, 0.3) is 0 Å². The fraction of sp³-hybridized carbons (Fsp3) is 0.250.